The van der Waals surface area contributed by atoms with E-state index in [4.69, 9.17) is 16.6 Å². The molecule has 0 aliphatic heterocycles. The van der Waals surface area contributed by atoms with Crippen molar-refractivity contribution in [1.82, 2.24) is 20.2 Å². The first-order valence-corrected chi connectivity index (χ1v) is 12.1. The molecule has 2 heterocycles. The number of rotatable bonds is 6. The van der Waals surface area contributed by atoms with Crippen LogP contribution in [-0.2, 0) is 10.0 Å². The SMILES string of the molecule is O=S(=O)(Nc1ccc(Cl)nn1)c1ccc(Nc2nc(-c3ccccc3)nc3ccccc23)cc1. The minimum absolute atomic E-state index is 0.0762. The zero-order valence-electron chi connectivity index (χ0n) is 17.6. The molecule has 8 nitrogen and oxygen atoms in total. The number of aromatic nitrogens is 4. The first-order valence-electron chi connectivity index (χ1n) is 10.2. The first kappa shape index (κ1) is 21.7. The van der Waals surface area contributed by atoms with Crippen molar-refractivity contribution in [3.8, 4) is 11.4 Å². The average Bonchev–Trinajstić information content (AvgIpc) is 2.86. The molecule has 0 radical (unpaired) electrons. The quantitative estimate of drug-likeness (QED) is 0.334. The second-order valence-electron chi connectivity index (χ2n) is 7.28. The Kier molecular flexibility index (Phi) is 5.79. The Hall–Kier alpha value is -4.08. The van der Waals surface area contributed by atoms with E-state index < -0.39 is 10.0 Å². The summed E-state index contributed by atoms with van der Waals surface area (Å²) in [4.78, 5) is 9.48. The van der Waals surface area contributed by atoms with Crippen LogP contribution in [0.15, 0.2) is 95.9 Å². The predicted octanol–water partition coefficient (Wildman–Crippen LogP) is 5.28. The molecular formula is C24H17ClN6O2S. The van der Waals surface area contributed by atoms with Crippen LogP contribution < -0.4 is 10.0 Å². The molecule has 0 saturated carbocycles. The van der Waals surface area contributed by atoms with E-state index in [2.05, 4.69) is 25.2 Å². The van der Waals surface area contributed by atoms with Crippen LogP contribution >= 0.6 is 11.6 Å². The number of sulfonamides is 1. The van der Waals surface area contributed by atoms with E-state index >= 15 is 0 Å². The maximum Gasteiger partial charge on any atom is 0.263 e. The third kappa shape index (κ3) is 4.66. The minimum atomic E-state index is -3.84. The van der Waals surface area contributed by atoms with Gasteiger partial charge in [-0.2, -0.15) is 0 Å². The van der Waals surface area contributed by atoms with Gasteiger partial charge in [0.05, 0.1) is 10.4 Å². The summed E-state index contributed by atoms with van der Waals surface area (Å²) in [5, 5.41) is 11.7. The van der Waals surface area contributed by atoms with Gasteiger partial charge in [0.15, 0.2) is 16.8 Å². The summed E-state index contributed by atoms with van der Waals surface area (Å²) >= 11 is 5.70. The van der Waals surface area contributed by atoms with Crippen molar-refractivity contribution < 1.29 is 8.42 Å². The lowest BCUT2D eigenvalue weighted by atomic mass is 10.2. The molecular weight excluding hydrogens is 472 g/mol. The number of para-hydroxylation sites is 1. The number of nitrogens with zero attached hydrogens (tertiary/aromatic N) is 4. The highest BCUT2D eigenvalue weighted by Gasteiger charge is 2.16. The maximum atomic E-state index is 12.7. The highest BCUT2D eigenvalue weighted by Crippen LogP contribution is 2.28. The standard InChI is InChI=1S/C24H17ClN6O2S/c25-21-14-15-22(30-29-21)31-34(32,33)18-12-10-17(11-13-18)26-24-19-8-4-5-9-20(19)27-23(28-24)16-6-2-1-3-7-16/h1-15H,(H,30,31)(H,26,27,28). The first-order chi connectivity index (χ1) is 16.5. The van der Waals surface area contributed by atoms with Crippen LogP contribution in [0.25, 0.3) is 22.3 Å². The van der Waals surface area contributed by atoms with Gasteiger partial charge in [0.25, 0.3) is 10.0 Å². The molecule has 0 unspecified atom stereocenters. The van der Waals surface area contributed by atoms with Gasteiger partial charge >= 0.3 is 0 Å². The lowest BCUT2D eigenvalue weighted by Crippen LogP contribution is -2.14. The summed E-state index contributed by atoms with van der Waals surface area (Å²) in [6.45, 7) is 0. The molecule has 5 rings (SSSR count). The van der Waals surface area contributed by atoms with Crippen LogP contribution in [-0.4, -0.2) is 28.6 Å². The van der Waals surface area contributed by atoms with Crippen LogP contribution in [0.4, 0.5) is 17.3 Å². The Labute approximate surface area is 200 Å². The molecule has 34 heavy (non-hydrogen) atoms. The molecule has 0 saturated heterocycles. The zero-order chi connectivity index (χ0) is 23.5. The molecule has 0 spiro atoms. The molecule has 0 aliphatic carbocycles. The second-order valence-corrected chi connectivity index (χ2v) is 9.34. The molecule has 0 aliphatic rings. The summed E-state index contributed by atoms with van der Waals surface area (Å²) < 4.78 is 27.7. The summed E-state index contributed by atoms with van der Waals surface area (Å²) in [5.41, 5.74) is 2.37. The number of hydrogen-bond donors (Lipinski definition) is 2. The van der Waals surface area contributed by atoms with Gasteiger partial charge in [-0.25, -0.2) is 18.4 Å². The van der Waals surface area contributed by atoms with E-state index in [1.807, 2.05) is 54.6 Å². The van der Waals surface area contributed by atoms with E-state index in [1.165, 1.54) is 24.3 Å². The van der Waals surface area contributed by atoms with E-state index in [0.29, 0.717) is 17.3 Å². The Balaban J connectivity index is 1.44. The molecule has 0 bridgehead atoms. The lowest BCUT2D eigenvalue weighted by molar-refractivity contribution is 0.601. The molecule has 3 aromatic carbocycles. The maximum absolute atomic E-state index is 12.7. The predicted molar refractivity (Wildman–Crippen MR) is 133 cm³/mol. The van der Waals surface area contributed by atoms with Gasteiger partial charge in [-0.05, 0) is 48.5 Å². The smallest absolute Gasteiger partial charge is 0.263 e. The summed E-state index contributed by atoms with van der Waals surface area (Å²) in [5.74, 6) is 1.29. The van der Waals surface area contributed by atoms with Gasteiger partial charge in [0.2, 0.25) is 0 Å². The highest BCUT2D eigenvalue weighted by atomic mass is 35.5. The van der Waals surface area contributed by atoms with E-state index in [0.717, 1.165) is 16.5 Å². The number of nitrogens with one attached hydrogen (secondary N) is 2. The Morgan fingerprint density at radius 2 is 1.47 bits per heavy atom. The zero-order valence-corrected chi connectivity index (χ0v) is 19.1. The van der Waals surface area contributed by atoms with E-state index in [-0.39, 0.29) is 15.9 Å². The molecule has 168 valence electrons. The molecule has 0 amide bonds. The Morgan fingerprint density at radius 1 is 0.735 bits per heavy atom. The molecule has 10 heteroatoms. The number of hydrogen-bond acceptors (Lipinski definition) is 7. The van der Waals surface area contributed by atoms with Gasteiger partial charge in [0.1, 0.15) is 5.82 Å². The summed E-state index contributed by atoms with van der Waals surface area (Å²) in [6, 6.07) is 26.6. The van der Waals surface area contributed by atoms with Crippen molar-refractivity contribution in [1.29, 1.82) is 0 Å². The fraction of sp³-hybridized carbons (Fsp3) is 0. The van der Waals surface area contributed by atoms with Crippen molar-refractivity contribution in [2.45, 2.75) is 4.90 Å². The van der Waals surface area contributed by atoms with Gasteiger partial charge in [-0.15, -0.1) is 10.2 Å². The Morgan fingerprint density at radius 3 is 2.21 bits per heavy atom. The molecule has 2 N–H and O–H groups in total. The van der Waals surface area contributed by atoms with Crippen LogP contribution in [0.5, 0.6) is 0 Å². The fourth-order valence-corrected chi connectivity index (χ4v) is 4.41. The average molecular weight is 489 g/mol. The number of halogens is 1. The number of benzene rings is 3. The van der Waals surface area contributed by atoms with Gasteiger partial charge in [-0.1, -0.05) is 54.1 Å². The number of fused-ring (bicyclic) bond motifs is 1. The fourth-order valence-electron chi connectivity index (χ4n) is 3.31. The van der Waals surface area contributed by atoms with Crippen molar-refractivity contribution in [2.75, 3.05) is 10.0 Å². The minimum Gasteiger partial charge on any atom is -0.340 e. The van der Waals surface area contributed by atoms with Crippen LogP contribution in [0.2, 0.25) is 5.15 Å². The van der Waals surface area contributed by atoms with Gasteiger partial charge in [-0.3, -0.25) is 4.72 Å². The largest absolute Gasteiger partial charge is 0.340 e. The van der Waals surface area contributed by atoms with Crippen molar-refractivity contribution >= 4 is 49.9 Å². The third-order valence-electron chi connectivity index (χ3n) is 4.93. The molecule has 0 fully saturated rings. The van der Waals surface area contributed by atoms with Gasteiger partial charge < -0.3 is 5.32 Å². The van der Waals surface area contributed by atoms with Crippen molar-refractivity contribution in [3.63, 3.8) is 0 Å². The van der Waals surface area contributed by atoms with Gasteiger partial charge in [0, 0.05) is 16.6 Å². The highest BCUT2D eigenvalue weighted by molar-refractivity contribution is 7.92. The van der Waals surface area contributed by atoms with Crippen molar-refractivity contribution in [2.24, 2.45) is 0 Å². The number of anilines is 3. The normalized spacial score (nSPS) is 11.3. The topological polar surface area (TPSA) is 110 Å². The van der Waals surface area contributed by atoms with Crippen LogP contribution in [0.3, 0.4) is 0 Å². The lowest BCUT2D eigenvalue weighted by Gasteiger charge is -2.12. The van der Waals surface area contributed by atoms with Crippen LogP contribution in [0, 0.1) is 0 Å². The summed E-state index contributed by atoms with van der Waals surface area (Å²) in [6.07, 6.45) is 0. The molecule has 5 aromatic rings. The Bertz CT molecular complexity index is 1560. The monoisotopic (exact) mass is 488 g/mol. The molecule has 0 atom stereocenters. The van der Waals surface area contributed by atoms with Crippen molar-refractivity contribution in [3.05, 3.63) is 96.1 Å². The van der Waals surface area contributed by atoms with E-state index in [9.17, 15) is 8.42 Å². The molecule has 2 aromatic heterocycles. The summed E-state index contributed by atoms with van der Waals surface area (Å²) in [7, 11) is -3.84. The van der Waals surface area contributed by atoms with E-state index in [1.54, 1.807) is 12.1 Å². The third-order valence-corrected chi connectivity index (χ3v) is 6.51. The van der Waals surface area contributed by atoms with Crippen LogP contribution in [0.1, 0.15) is 0 Å². The second kappa shape index (κ2) is 9.05.